The number of primary amides is 2. The first-order chi connectivity index (χ1) is 30.4. The Labute approximate surface area is 367 Å². The Kier molecular flexibility index (Phi) is 14.5. The highest BCUT2D eigenvalue weighted by Crippen LogP contribution is 2.48. The molecule has 12 nitrogen and oxygen atoms in total. The van der Waals surface area contributed by atoms with Gasteiger partial charge in [-0.05, 0) is 89.0 Å². The summed E-state index contributed by atoms with van der Waals surface area (Å²) in [6.07, 6.45) is -0.887. The standard InChI is InChI=1S/C50H51N4O8P/c51-48(56)40-22-10-17-36(27-40)29-43(39-21-12-24-42(31-39)61-33-63(59,60)62-45(38-19-8-3-9-20-38)30-35-15-6-2-7-16-35)46-47(55)44(26-25-34-13-4-1-5-14-34)53-50(58)54(46)32-37-18-11-23-41(28-37)49(52)57/h1-24,27-28,31,43-47,55H,25-26,29-30,32-33H2,(H2,51,56)(H2,52,57)(H,53,58)(H,59,60). The van der Waals surface area contributed by atoms with Crippen LogP contribution in [0.15, 0.2) is 164 Å². The van der Waals surface area contributed by atoms with E-state index in [0.717, 1.165) is 22.3 Å². The lowest BCUT2D eigenvalue weighted by Crippen LogP contribution is -2.66. The third kappa shape index (κ3) is 11.9. The van der Waals surface area contributed by atoms with Crippen LogP contribution in [0, 0.1) is 0 Å². The minimum Gasteiger partial charge on any atom is -0.481 e. The first-order valence-electron chi connectivity index (χ1n) is 20.8. The van der Waals surface area contributed by atoms with Crippen LogP contribution in [0.3, 0.4) is 0 Å². The molecule has 0 radical (unpaired) electrons. The fourth-order valence-corrected chi connectivity index (χ4v) is 9.19. The number of hydrogen-bond donors (Lipinski definition) is 5. The zero-order chi connectivity index (χ0) is 44.3. The second-order valence-electron chi connectivity index (χ2n) is 15.8. The van der Waals surface area contributed by atoms with E-state index < -0.39 is 62.0 Å². The Morgan fingerprint density at radius 3 is 1.89 bits per heavy atom. The number of urea groups is 1. The van der Waals surface area contributed by atoms with Crippen molar-refractivity contribution in [2.24, 2.45) is 11.5 Å². The average molecular weight is 867 g/mol. The maximum atomic E-state index is 14.4. The summed E-state index contributed by atoms with van der Waals surface area (Å²) in [5, 5.41) is 15.6. The minimum absolute atomic E-state index is 0.0185. The number of ether oxygens (including phenoxy) is 1. The highest BCUT2D eigenvalue weighted by Gasteiger charge is 2.45. The summed E-state index contributed by atoms with van der Waals surface area (Å²) >= 11 is 0. The van der Waals surface area contributed by atoms with E-state index in [9.17, 15) is 28.9 Å². The second kappa shape index (κ2) is 20.5. The predicted octanol–water partition coefficient (Wildman–Crippen LogP) is 7.69. The average Bonchev–Trinajstić information content (AvgIpc) is 3.29. The van der Waals surface area contributed by atoms with Crippen LogP contribution in [0.2, 0.25) is 0 Å². The third-order valence-electron chi connectivity index (χ3n) is 11.3. The molecule has 0 saturated carbocycles. The van der Waals surface area contributed by atoms with E-state index in [1.54, 1.807) is 65.6 Å². The van der Waals surface area contributed by atoms with Gasteiger partial charge in [-0.3, -0.25) is 18.7 Å². The van der Waals surface area contributed by atoms with Crippen LogP contribution in [-0.4, -0.2) is 57.3 Å². The fraction of sp³-hybridized carbons (Fsp3) is 0.220. The van der Waals surface area contributed by atoms with Crippen LogP contribution in [0.5, 0.6) is 5.75 Å². The number of carbonyl (C=O) groups is 3. The molecule has 0 aromatic heterocycles. The lowest BCUT2D eigenvalue weighted by molar-refractivity contribution is -0.00186. The smallest absolute Gasteiger partial charge is 0.365 e. The summed E-state index contributed by atoms with van der Waals surface area (Å²) < 4.78 is 25.8. The molecule has 7 rings (SSSR count). The molecular weight excluding hydrogens is 816 g/mol. The van der Waals surface area contributed by atoms with E-state index in [2.05, 4.69) is 5.32 Å². The molecule has 1 heterocycles. The van der Waals surface area contributed by atoms with Gasteiger partial charge in [0.15, 0.2) is 6.35 Å². The molecule has 324 valence electrons. The molecule has 6 unspecified atom stereocenters. The van der Waals surface area contributed by atoms with Crippen molar-refractivity contribution in [3.63, 3.8) is 0 Å². The van der Waals surface area contributed by atoms with Crippen molar-refractivity contribution < 1.29 is 38.2 Å². The summed E-state index contributed by atoms with van der Waals surface area (Å²) in [4.78, 5) is 51.7. The molecule has 6 aromatic rings. The molecule has 0 bridgehead atoms. The van der Waals surface area contributed by atoms with Gasteiger partial charge < -0.3 is 36.4 Å². The highest BCUT2D eigenvalue weighted by atomic mass is 31.2. The monoisotopic (exact) mass is 866 g/mol. The van der Waals surface area contributed by atoms with Crippen LogP contribution in [0.25, 0.3) is 0 Å². The van der Waals surface area contributed by atoms with Crippen molar-refractivity contribution in [3.05, 3.63) is 208 Å². The number of aryl methyl sites for hydroxylation is 1. The minimum atomic E-state index is -4.37. The van der Waals surface area contributed by atoms with Gasteiger partial charge in [-0.2, -0.15) is 0 Å². The van der Waals surface area contributed by atoms with Gasteiger partial charge in [0.25, 0.3) is 0 Å². The van der Waals surface area contributed by atoms with Gasteiger partial charge in [-0.25, -0.2) is 4.79 Å². The zero-order valence-corrected chi connectivity index (χ0v) is 35.5. The largest absolute Gasteiger partial charge is 0.481 e. The summed E-state index contributed by atoms with van der Waals surface area (Å²) in [7, 11) is -4.37. The second-order valence-corrected chi connectivity index (χ2v) is 17.6. The van der Waals surface area contributed by atoms with Crippen molar-refractivity contribution in [2.45, 2.75) is 62.4 Å². The summed E-state index contributed by atoms with van der Waals surface area (Å²) in [6.45, 7) is 0.0185. The summed E-state index contributed by atoms with van der Waals surface area (Å²) in [6, 6.07) is 47.2. The molecule has 1 aliphatic heterocycles. The molecule has 13 heteroatoms. The Hall–Kier alpha value is -6.56. The molecule has 1 aliphatic rings. The maximum absolute atomic E-state index is 14.4. The molecule has 7 N–H and O–H groups in total. The number of aliphatic hydroxyl groups is 1. The van der Waals surface area contributed by atoms with Gasteiger partial charge in [0.2, 0.25) is 11.8 Å². The van der Waals surface area contributed by atoms with E-state index in [0.29, 0.717) is 36.0 Å². The van der Waals surface area contributed by atoms with Crippen LogP contribution in [0.1, 0.15) is 72.5 Å². The molecule has 0 spiro atoms. The zero-order valence-electron chi connectivity index (χ0n) is 34.6. The summed E-state index contributed by atoms with van der Waals surface area (Å²) in [5.41, 5.74) is 16.6. The van der Waals surface area contributed by atoms with E-state index in [1.165, 1.54) is 0 Å². The van der Waals surface area contributed by atoms with Crippen LogP contribution in [0.4, 0.5) is 4.79 Å². The molecule has 6 aromatic carbocycles. The maximum Gasteiger partial charge on any atom is 0.365 e. The number of nitrogens with one attached hydrogen (secondary N) is 1. The molecule has 6 atom stereocenters. The Morgan fingerprint density at radius 2 is 1.24 bits per heavy atom. The quantitative estimate of drug-likeness (QED) is 0.0511. The van der Waals surface area contributed by atoms with Crippen molar-refractivity contribution in [2.75, 3.05) is 6.35 Å². The number of rotatable bonds is 19. The Bertz CT molecular complexity index is 2540. The number of nitrogens with zero attached hydrogens (tertiary/aromatic N) is 1. The van der Waals surface area contributed by atoms with E-state index >= 15 is 0 Å². The number of aliphatic hydroxyl groups excluding tert-OH is 1. The van der Waals surface area contributed by atoms with Crippen molar-refractivity contribution >= 4 is 25.4 Å². The molecule has 4 amide bonds. The molecular formula is C50H51N4O8P. The number of carbonyl (C=O) groups excluding carboxylic acids is 3. The van der Waals surface area contributed by atoms with E-state index in [-0.39, 0.29) is 24.3 Å². The van der Waals surface area contributed by atoms with Gasteiger partial charge in [0.05, 0.1) is 24.3 Å². The predicted molar refractivity (Wildman–Crippen MR) is 241 cm³/mol. The van der Waals surface area contributed by atoms with Crippen molar-refractivity contribution in [1.29, 1.82) is 0 Å². The molecule has 1 saturated heterocycles. The lowest BCUT2D eigenvalue weighted by Gasteiger charge is -2.47. The van der Waals surface area contributed by atoms with E-state index in [1.807, 2.05) is 103 Å². The van der Waals surface area contributed by atoms with Crippen LogP contribution < -0.4 is 21.5 Å². The van der Waals surface area contributed by atoms with E-state index in [4.69, 9.17) is 20.7 Å². The Balaban J connectivity index is 1.22. The third-order valence-corrected chi connectivity index (χ3v) is 12.4. The molecule has 0 aliphatic carbocycles. The first kappa shape index (κ1) is 44.5. The molecule has 63 heavy (non-hydrogen) atoms. The fourth-order valence-electron chi connectivity index (χ4n) is 8.22. The van der Waals surface area contributed by atoms with Gasteiger partial charge in [-0.15, -0.1) is 0 Å². The van der Waals surface area contributed by atoms with Crippen LogP contribution in [-0.2, 0) is 34.9 Å². The number of hydrogen-bond acceptors (Lipinski definition) is 7. The van der Waals surface area contributed by atoms with Crippen LogP contribution >= 0.6 is 7.60 Å². The molecule has 1 fully saturated rings. The van der Waals surface area contributed by atoms with Crippen molar-refractivity contribution in [1.82, 2.24) is 10.2 Å². The lowest BCUT2D eigenvalue weighted by atomic mass is 9.78. The SMILES string of the molecule is NC(=O)c1cccc(CC(c2cccc(OCP(=O)(O)OC(Cc3ccccc3)c3ccccc3)c2)C2C(O)C(CCc3ccccc3)NC(=O)N2Cc2cccc(C(N)=O)c2)c1. The van der Waals surface area contributed by atoms with Gasteiger partial charge in [0.1, 0.15) is 5.75 Å². The van der Waals surface area contributed by atoms with Crippen molar-refractivity contribution in [3.8, 4) is 5.75 Å². The number of benzene rings is 6. The number of amides is 4. The van der Waals surface area contributed by atoms with Gasteiger partial charge in [-0.1, -0.05) is 127 Å². The first-order valence-corrected chi connectivity index (χ1v) is 22.6. The highest BCUT2D eigenvalue weighted by molar-refractivity contribution is 7.52. The van der Waals surface area contributed by atoms with Gasteiger partial charge in [0, 0.05) is 30.0 Å². The topological polar surface area (TPSA) is 195 Å². The normalized spacial score (nSPS) is 18.1. The Morgan fingerprint density at radius 1 is 0.683 bits per heavy atom. The number of nitrogens with two attached hydrogens (primary N) is 2. The van der Waals surface area contributed by atoms with Gasteiger partial charge >= 0.3 is 13.6 Å². The summed E-state index contributed by atoms with van der Waals surface area (Å²) in [5.74, 6) is -1.60.